The SMILES string of the molecule is CC(C)(C)CN(CCN1C2CCC1CC(c1cccc(C(N)=O)c1O)C2)C(=O)CS(C)(=O)=O. The van der Waals surface area contributed by atoms with Gasteiger partial charge >= 0.3 is 0 Å². The van der Waals surface area contributed by atoms with Crippen molar-refractivity contribution in [2.45, 2.75) is 64.5 Å². The zero-order valence-corrected chi connectivity index (χ0v) is 20.9. The van der Waals surface area contributed by atoms with E-state index in [9.17, 15) is 23.1 Å². The van der Waals surface area contributed by atoms with Gasteiger partial charge in [0.25, 0.3) is 5.91 Å². The molecule has 1 aromatic carbocycles. The summed E-state index contributed by atoms with van der Waals surface area (Å²) in [6.45, 7) is 7.80. The molecular weight excluding hydrogens is 442 g/mol. The number of para-hydroxylation sites is 1. The molecule has 184 valence electrons. The average molecular weight is 480 g/mol. The number of carbonyl (C=O) groups excluding carboxylic acids is 2. The summed E-state index contributed by atoms with van der Waals surface area (Å²) >= 11 is 0. The quantitative estimate of drug-likeness (QED) is 0.589. The first-order valence-electron chi connectivity index (χ1n) is 11.6. The second-order valence-electron chi connectivity index (χ2n) is 10.8. The predicted molar refractivity (Wildman–Crippen MR) is 128 cm³/mol. The molecule has 2 bridgehead atoms. The highest BCUT2D eigenvalue weighted by Crippen LogP contribution is 2.45. The van der Waals surface area contributed by atoms with E-state index >= 15 is 0 Å². The number of rotatable bonds is 8. The van der Waals surface area contributed by atoms with E-state index in [0.717, 1.165) is 37.5 Å². The number of fused-ring (bicyclic) bond motifs is 2. The van der Waals surface area contributed by atoms with Crippen LogP contribution in [-0.2, 0) is 14.6 Å². The van der Waals surface area contributed by atoms with Crippen molar-refractivity contribution in [3.05, 3.63) is 29.3 Å². The lowest BCUT2D eigenvalue weighted by Gasteiger charge is -2.41. The molecule has 2 aliphatic rings. The molecule has 33 heavy (non-hydrogen) atoms. The molecule has 2 atom stereocenters. The Morgan fingerprint density at radius 1 is 1.18 bits per heavy atom. The Morgan fingerprint density at radius 2 is 1.79 bits per heavy atom. The summed E-state index contributed by atoms with van der Waals surface area (Å²) in [6.07, 6.45) is 4.92. The van der Waals surface area contributed by atoms with Crippen LogP contribution < -0.4 is 5.73 Å². The molecule has 0 saturated carbocycles. The molecule has 2 fully saturated rings. The Labute approximate surface area is 197 Å². The molecule has 2 aliphatic heterocycles. The van der Waals surface area contributed by atoms with Gasteiger partial charge in [-0.1, -0.05) is 32.9 Å². The third kappa shape index (κ3) is 6.47. The molecular formula is C24H37N3O5S. The number of carbonyl (C=O) groups is 2. The molecule has 0 spiro atoms. The topological polar surface area (TPSA) is 121 Å². The summed E-state index contributed by atoms with van der Waals surface area (Å²) in [7, 11) is -3.39. The van der Waals surface area contributed by atoms with E-state index in [1.807, 2.05) is 26.8 Å². The van der Waals surface area contributed by atoms with Gasteiger partial charge < -0.3 is 15.7 Å². The highest BCUT2D eigenvalue weighted by atomic mass is 32.2. The van der Waals surface area contributed by atoms with Crippen LogP contribution in [0.15, 0.2) is 18.2 Å². The number of benzene rings is 1. The molecule has 8 nitrogen and oxygen atoms in total. The summed E-state index contributed by atoms with van der Waals surface area (Å²) in [5, 5.41) is 10.6. The summed E-state index contributed by atoms with van der Waals surface area (Å²) in [5.41, 5.74) is 6.20. The Morgan fingerprint density at radius 3 is 2.30 bits per heavy atom. The third-order valence-electron chi connectivity index (χ3n) is 6.69. The van der Waals surface area contributed by atoms with Crippen molar-refractivity contribution in [3.8, 4) is 5.75 Å². The molecule has 9 heteroatoms. The van der Waals surface area contributed by atoms with Crippen LogP contribution in [-0.4, -0.2) is 78.9 Å². The average Bonchev–Trinajstić information content (AvgIpc) is 2.90. The minimum atomic E-state index is -3.39. The van der Waals surface area contributed by atoms with E-state index in [2.05, 4.69) is 4.90 Å². The van der Waals surface area contributed by atoms with Crippen molar-refractivity contribution in [1.82, 2.24) is 9.80 Å². The van der Waals surface area contributed by atoms with Crippen LogP contribution >= 0.6 is 0 Å². The normalized spacial score (nSPS) is 23.5. The van der Waals surface area contributed by atoms with E-state index < -0.39 is 21.5 Å². The number of hydrogen-bond donors (Lipinski definition) is 2. The number of phenols is 1. The molecule has 0 aromatic heterocycles. The van der Waals surface area contributed by atoms with Crippen LogP contribution in [0, 0.1) is 5.41 Å². The predicted octanol–water partition coefficient (Wildman–Crippen LogP) is 2.12. The molecule has 2 amide bonds. The number of nitrogens with two attached hydrogens (primary N) is 1. The van der Waals surface area contributed by atoms with Crippen molar-refractivity contribution >= 4 is 21.7 Å². The molecule has 3 N–H and O–H groups in total. The highest BCUT2D eigenvalue weighted by Gasteiger charge is 2.42. The minimum absolute atomic E-state index is 0.00873. The first-order valence-corrected chi connectivity index (χ1v) is 13.6. The van der Waals surface area contributed by atoms with E-state index in [0.29, 0.717) is 31.7 Å². The fourth-order valence-electron chi connectivity index (χ4n) is 5.40. The number of piperidine rings is 1. The van der Waals surface area contributed by atoms with Gasteiger partial charge in [0.2, 0.25) is 5.91 Å². The first-order chi connectivity index (χ1) is 15.2. The second-order valence-corrected chi connectivity index (χ2v) is 13.0. The summed E-state index contributed by atoms with van der Waals surface area (Å²) in [6, 6.07) is 5.83. The molecule has 2 unspecified atom stereocenters. The second kappa shape index (κ2) is 9.62. The van der Waals surface area contributed by atoms with E-state index in [4.69, 9.17) is 5.73 Å². The number of nitrogens with zero attached hydrogens (tertiary/aromatic N) is 2. The molecule has 2 saturated heterocycles. The molecule has 0 aliphatic carbocycles. The van der Waals surface area contributed by atoms with Crippen LogP contribution in [0.3, 0.4) is 0 Å². The lowest BCUT2D eigenvalue weighted by molar-refractivity contribution is -0.130. The lowest BCUT2D eigenvalue weighted by Crippen LogP contribution is -2.49. The van der Waals surface area contributed by atoms with Crippen molar-refractivity contribution in [1.29, 1.82) is 0 Å². The minimum Gasteiger partial charge on any atom is -0.507 e. The van der Waals surface area contributed by atoms with Crippen molar-refractivity contribution in [2.75, 3.05) is 31.6 Å². The Bertz CT molecular complexity index is 988. The van der Waals surface area contributed by atoms with Crippen LogP contribution in [0.5, 0.6) is 5.75 Å². The van der Waals surface area contributed by atoms with Crippen molar-refractivity contribution in [3.63, 3.8) is 0 Å². The van der Waals surface area contributed by atoms with Gasteiger partial charge in [-0.2, -0.15) is 0 Å². The zero-order chi connectivity index (χ0) is 24.6. The first kappa shape index (κ1) is 25.5. The molecule has 3 rings (SSSR count). The van der Waals surface area contributed by atoms with Gasteiger partial charge in [0, 0.05) is 38.0 Å². The Balaban J connectivity index is 1.69. The summed E-state index contributed by atoms with van der Waals surface area (Å²) < 4.78 is 23.4. The smallest absolute Gasteiger partial charge is 0.252 e. The van der Waals surface area contributed by atoms with Gasteiger partial charge in [0.05, 0.1) is 5.56 Å². The van der Waals surface area contributed by atoms with E-state index in [1.165, 1.54) is 0 Å². The van der Waals surface area contributed by atoms with Crippen LogP contribution in [0.2, 0.25) is 0 Å². The number of aromatic hydroxyl groups is 1. The maximum atomic E-state index is 12.7. The Hall–Kier alpha value is -2.13. The number of primary amides is 1. The van der Waals surface area contributed by atoms with Gasteiger partial charge in [-0.3, -0.25) is 14.5 Å². The zero-order valence-electron chi connectivity index (χ0n) is 20.1. The molecule has 1 aromatic rings. The van der Waals surface area contributed by atoms with E-state index in [-0.39, 0.29) is 28.6 Å². The maximum absolute atomic E-state index is 12.7. The number of amides is 2. The fraction of sp³-hybridized carbons (Fsp3) is 0.667. The van der Waals surface area contributed by atoms with E-state index in [1.54, 1.807) is 17.0 Å². The monoisotopic (exact) mass is 479 g/mol. The summed E-state index contributed by atoms with van der Waals surface area (Å²) in [5.74, 6) is -1.30. The standard InChI is InChI=1S/C24H37N3O5S/c1-24(2,3)15-26(21(28)14-33(4,31)32)10-11-27-17-8-9-18(27)13-16(12-17)19-6-5-7-20(22(19)29)23(25)30/h5-7,16-18,29H,8-15H2,1-4H3,(H2,25,30). The van der Waals surface area contributed by atoms with Crippen molar-refractivity contribution < 1.29 is 23.1 Å². The van der Waals surface area contributed by atoms with Crippen LogP contribution in [0.1, 0.15) is 68.3 Å². The highest BCUT2D eigenvalue weighted by molar-refractivity contribution is 7.91. The number of sulfone groups is 1. The maximum Gasteiger partial charge on any atom is 0.252 e. The van der Waals surface area contributed by atoms with Gasteiger partial charge in [-0.25, -0.2) is 8.42 Å². The molecule has 2 heterocycles. The van der Waals surface area contributed by atoms with Gasteiger partial charge in [-0.15, -0.1) is 0 Å². The van der Waals surface area contributed by atoms with Crippen LogP contribution in [0.25, 0.3) is 0 Å². The van der Waals surface area contributed by atoms with Gasteiger partial charge in [0.1, 0.15) is 11.5 Å². The molecule has 0 radical (unpaired) electrons. The largest absolute Gasteiger partial charge is 0.507 e. The fourth-order valence-corrected chi connectivity index (χ4v) is 6.03. The van der Waals surface area contributed by atoms with Gasteiger partial charge in [-0.05, 0) is 48.6 Å². The third-order valence-corrected chi connectivity index (χ3v) is 7.46. The van der Waals surface area contributed by atoms with Crippen LogP contribution in [0.4, 0.5) is 0 Å². The Kier molecular flexibility index (Phi) is 7.43. The number of hydrogen-bond acceptors (Lipinski definition) is 6. The lowest BCUT2D eigenvalue weighted by atomic mass is 9.83. The van der Waals surface area contributed by atoms with Crippen molar-refractivity contribution in [2.24, 2.45) is 11.1 Å². The summed E-state index contributed by atoms with van der Waals surface area (Å²) in [4.78, 5) is 28.5. The van der Waals surface area contributed by atoms with Gasteiger partial charge in [0.15, 0.2) is 9.84 Å².